The summed E-state index contributed by atoms with van der Waals surface area (Å²) in [5.41, 5.74) is 3.98. The highest BCUT2D eigenvalue weighted by molar-refractivity contribution is 7.81. The van der Waals surface area contributed by atoms with Crippen molar-refractivity contribution in [2.45, 2.75) is 37.0 Å². The number of benzene rings is 1. The van der Waals surface area contributed by atoms with Gasteiger partial charge in [-0.05, 0) is 50.9 Å². The molecule has 2 aliphatic rings. The summed E-state index contributed by atoms with van der Waals surface area (Å²) in [6.07, 6.45) is 1.87. The molecule has 1 aliphatic heterocycles. The first-order valence-corrected chi connectivity index (χ1v) is 6.42. The minimum absolute atomic E-state index is 0.112. The van der Waals surface area contributed by atoms with Gasteiger partial charge in [-0.2, -0.15) is 12.6 Å². The maximum Gasteiger partial charge on any atom is 0.0408 e. The molecule has 0 spiro atoms. The van der Waals surface area contributed by atoms with Crippen LogP contribution in [0.3, 0.4) is 0 Å². The van der Waals surface area contributed by atoms with Crippen LogP contribution in [0.2, 0.25) is 0 Å². The van der Waals surface area contributed by atoms with Crippen molar-refractivity contribution in [2.75, 3.05) is 13.6 Å². The largest absolute Gasteiger partial charge is 0.303 e. The number of likely N-dealkylation sites (tertiary alicyclic amines) is 1. The summed E-state index contributed by atoms with van der Waals surface area (Å²) in [6.45, 7) is 3.17. The molecule has 1 unspecified atom stereocenters. The van der Waals surface area contributed by atoms with Gasteiger partial charge in [-0.1, -0.05) is 23.8 Å². The number of rotatable bonds is 0. The molecule has 0 aromatic heterocycles. The van der Waals surface area contributed by atoms with Crippen LogP contribution in [-0.2, 0) is 11.2 Å². The predicted molar refractivity (Wildman–Crippen MR) is 71.2 cm³/mol. The summed E-state index contributed by atoms with van der Waals surface area (Å²) >= 11 is 4.91. The molecule has 1 saturated heterocycles. The molecule has 1 nitrogen and oxygen atoms in total. The van der Waals surface area contributed by atoms with E-state index in [0.29, 0.717) is 6.04 Å². The molecule has 1 aromatic rings. The fraction of sp³-hybridized carbons (Fsp3) is 0.571. The number of thiol groups is 1. The minimum Gasteiger partial charge on any atom is -0.303 e. The third-order valence-electron chi connectivity index (χ3n) is 4.04. The van der Waals surface area contributed by atoms with Crippen LogP contribution in [0, 0.1) is 6.92 Å². The molecule has 1 aliphatic carbocycles. The normalized spacial score (nSPS) is 39.1. The highest BCUT2D eigenvalue weighted by Gasteiger charge is 2.42. The number of nitrogens with zero attached hydrogens (tertiary/aromatic N) is 1. The van der Waals surface area contributed by atoms with E-state index in [1.165, 1.54) is 16.7 Å². The molecule has 86 valence electrons. The molecule has 2 heteroatoms. The van der Waals surface area contributed by atoms with Gasteiger partial charge in [0.25, 0.3) is 0 Å². The van der Waals surface area contributed by atoms with Gasteiger partial charge in [0.2, 0.25) is 0 Å². The summed E-state index contributed by atoms with van der Waals surface area (Å²) in [4.78, 5) is 2.33. The molecule has 2 bridgehead atoms. The lowest BCUT2D eigenvalue weighted by Crippen LogP contribution is -2.49. The summed E-state index contributed by atoms with van der Waals surface area (Å²) < 4.78 is 8.26. The zero-order valence-electron chi connectivity index (χ0n) is 10.9. The van der Waals surface area contributed by atoms with E-state index in [0.717, 1.165) is 19.4 Å². The number of hydrogen-bond donors (Lipinski definition) is 1. The maximum atomic E-state index is 8.50. The molecule has 0 radical (unpaired) electrons. The van der Waals surface area contributed by atoms with Crippen molar-refractivity contribution in [1.29, 1.82) is 0 Å². The molecule has 1 aromatic carbocycles. The standard InChI is InChI=1S/C14H19NS/c1-10-3-4-11-8-12-9-14(16,13(11)7-10)5-6-15(12)2/h3-4,7,12,16H,5-6,8-9H2,1-2H3/t12-,14+/m0/s1/i9T/t9?,12-,14+. The van der Waals surface area contributed by atoms with Crippen LogP contribution in [0.4, 0.5) is 0 Å². The number of piperidine rings is 1. The first-order chi connectivity index (χ1) is 8.02. The number of hydrogen-bond acceptors (Lipinski definition) is 2. The Balaban J connectivity index is 2.16. The van der Waals surface area contributed by atoms with Gasteiger partial charge >= 0.3 is 0 Å². The van der Waals surface area contributed by atoms with Crippen molar-refractivity contribution >= 4 is 12.6 Å². The number of fused-ring (bicyclic) bond motifs is 4. The lowest BCUT2D eigenvalue weighted by atomic mass is 9.74. The summed E-state index contributed by atoms with van der Waals surface area (Å²) in [6, 6.07) is 6.98. The van der Waals surface area contributed by atoms with Crippen LogP contribution >= 0.6 is 12.6 Å². The second-order valence-electron chi connectivity index (χ2n) is 5.25. The lowest BCUT2D eigenvalue weighted by Gasteiger charge is -2.48. The van der Waals surface area contributed by atoms with Gasteiger partial charge in [0, 0.05) is 12.2 Å². The van der Waals surface area contributed by atoms with E-state index >= 15 is 0 Å². The van der Waals surface area contributed by atoms with Crippen molar-refractivity contribution < 1.29 is 1.37 Å². The van der Waals surface area contributed by atoms with E-state index in [1.54, 1.807) is 0 Å². The van der Waals surface area contributed by atoms with Crippen molar-refractivity contribution in [2.24, 2.45) is 0 Å². The Hall–Kier alpha value is -0.470. The second-order valence-corrected chi connectivity index (χ2v) is 6.05. The molecule has 3 atom stereocenters. The topological polar surface area (TPSA) is 3.24 Å². The van der Waals surface area contributed by atoms with Gasteiger partial charge in [0.05, 0.1) is 0 Å². The van der Waals surface area contributed by atoms with Crippen molar-refractivity contribution in [3.63, 3.8) is 0 Å². The fourth-order valence-electron chi connectivity index (χ4n) is 2.98. The molecule has 1 fully saturated rings. The SMILES string of the molecule is [3H]C1[C@@H]2Cc3ccc(C)cc3[C@@]1(S)CCN2C. The zero-order valence-corrected chi connectivity index (χ0v) is 10.8. The zero-order chi connectivity index (χ0) is 12.2. The summed E-state index contributed by atoms with van der Waals surface area (Å²) in [7, 11) is 2.14. The van der Waals surface area contributed by atoms with Crippen molar-refractivity contribution in [1.82, 2.24) is 4.90 Å². The van der Waals surface area contributed by atoms with E-state index in [-0.39, 0.29) is 11.1 Å². The Labute approximate surface area is 105 Å². The average Bonchev–Trinajstić information content (AvgIpc) is 2.30. The van der Waals surface area contributed by atoms with Crippen LogP contribution in [0.1, 0.15) is 30.9 Å². The van der Waals surface area contributed by atoms with Crippen LogP contribution in [-0.4, -0.2) is 24.5 Å². The van der Waals surface area contributed by atoms with Gasteiger partial charge < -0.3 is 4.90 Å². The van der Waals surface area contributed by atoms with Crippen molar-refractivity contribution in [3.05, 3.63) is 34.9 Å². The maximum absolute atomic E-state index is 8.50. The molecule has 0 amide bonds. The highest BCUT2D eigenvalue weighted by Crippen LogP contribution is 2.47. The number of likely N-dealkylation sites (N-methyl/N-ethyl adjacent to an activating group) is 1. The number of aryl methyl sites for hydroxylation is 1. The van der Waals surface area contributed by atoms with Gasteiger partial charge in [0.15, 0.2) is 0 Å². The first-order valence-electron chi connectivity index (χ1n) is 6.55. The monoisotopic (exact) mass is 235 g/mol. The smallest absolute Gasteiger partial charge is 0.0408 e. The van der Waals surface area contributed by atoms with Gasteiger partial charge in [-0.3, -0.25) is 0 Å². The summed E-state index contributed by atoms with van der Waals surface area (Å²) in [5, 5.41) is 0. The lowest BCUT2D eigenvalue weighted by molar-refractivity contribution is 0.145. The summed E-state index contributed by atoms with van der Waals surface area (Å²) in [5.74, 6) is 0. The Morgan fingerprint density at radius 2 is 2.38 bits per heavy atom. The Morgan fingerprint density at radius 1 is 1.56 bits per heavy atom. The Kier molecular flexibility index (Phi) is 2.09. The average molecular weight is 235 g/mol. The molecule has 16 heavy (non-hydrogen) atoms. The molecular weight excluding hydrogens is 214 g/mol. The van der Waals surface area contributed by atoms with Gasteiger partial charge in [-0.15, -0.1) is 0 Å². The van der Waals surface area contributed by atoms with E-state index < -0.39 is 0 Å². The van der Waals surface area contributed by atoms with E-state index in [9.17, 15) is 0 Å². The molecule has 1 heterocycles. The Bertz CT molecular complexity index is 462. The van der Waals surface area contributed by atoms with Gasteiger partial charge in [-0.25, -0.2) is 0 Å². The third-order valence-corrected chi connectivity index (χ3v) is 4.65. The fourth-order valence-corrected chi connectivity index (χ4v) is 3.46. The van der Waals surface area contributed by atoms with Crippen LogP contribution in [0.25, 0.3) is 0 Å². The second kappa shape index (κ2) is 3.51. The van der Waals surface area contributed by atoms with E-state index in [4.69, 9.17) is 14.0 Å². The van der Waals surface area contributed by atoms with Gasteiger partial charge in [0.1, 0.15) is 0 Å². The predicted octanol–water partition coefficient (Wildman–Crippen LogP) is 2.77. The third kappa shape index (κ3) is 1.51. The minimum atomic E-state index is -0.239. The molecule has 0 saturated carbocycles. The quantitative estimate of drug-likeness (QED) is 0.677. The first kappa shape index (κ1) is 9.55. The van der Waals surface area contributed by atoms with Crippen LogP contribution in [0.15, 0.2) is 18.2 Å². The van der Waals surface area contributed by atoms with Crippen LogP contribution < -0.4 is 0 Å². The van der Waals surface area contributed by atoms with Crippen LogP contribution in [0.5, 0.6) is 0 Å². The highest BCUT2D eigenvalue weighted by atomic mass is 32.1. The molecule has 0 N–H and O–H groups in total. The van der Waals surface area contributed by atoms with E-state index in [1.807, 2.05) is 0 Å². The van der Waals surface area contributed by atoms with Crippen molar-refractivity contribution in [3.8, 4) is 0 Å². The molecular formula is C14H19NS. The Morgan fingerprint density at radius 3 is 3.19 bits per heavy atom. The van der Waals surface area contributed by atoms with E-state index in [2.05, 4.69) is 37.1 Å². The molecule has 3 rings (SSSR count).